The van der Waals surface area contributed by atoms with Crippen molar-refractivity contribution in [2.75, 3.05) is 33.9 Å². The molecule has 2 heterocycles. The number of nitrogens with one attached hydrogen (secondary N) is 1. The maximum absolute atomic E-state index is 16.9. The monoisotopic (exact) mass is 714 g/mol. The minimum Gasteiger partial charge on any atom is -0.488 e. The summed E-state index contributed by atoms with van der Waals surface area (Å²) in [6, 6.07) is 13.1. The van der Waals surface area contributed by atoms with Gasteiger partial charge < -0.3 is 29.0 Å². The standard InChI is InChI=1S/C38H45ClF2N2O7/c1-22(49-29-15-11-12-18-47-29)20-48-27-17-16-25(35(44)42-6)31(34(27)41)32-30-23(2)38(24-13-9-8-10-14-24,50-28(30)19-26(40)33(32)39)21-43(36(45)46-7)37(3,4)5/h8-10,13-14,16-17,19,22-23,29H,11-12,15,18,20-21H2,1-7H3,(H,42,44)/t22-,23?,29-,38?/m0/s1. The zero-order chi connectivity index (χ0) is 36.4. The summed E-state index contributed by atoms with van der Waals surface area (Å²) in [4.78, 5) is 28.0. The lowest BCUT2D eigenvalue weighted by Crippen LogP contribution is -2.54. The summed E-state index contributed by atoms with van der Waals surface area (Å²) in [5, 5.41) is 2.15. The largest absolute Gasteiger partial charge is 0.488 e. The highest BCUT2D eigenvalue weighted by Gasteiger charge is 2.53. The molecule has 0 aliphatic carbocycles. The van der Waals surface area contributed by atoms with Gasteiger partial charge in [0, 0.05) is 47.9 Å². The number of carbonyl (C=O) groups is 2. The zero-order valence-electron chi connectivity index (χ0n) is 29.5. The summed E-state index contributed by atoms with van der Waals surface area (Å²) in [7, 11) is 2.71. The Balaban J connectivity index is 1.65. The molecule has 0 radical (unpaired) electrons. The second-order valence-electron chi connectivity index (χ2n) is 13.7. The van der Waals surface area contributed by atoms with Crippen LogP contribution in [0, 0.1) is 11.6 Å². The van der Waals surface area contributed by atoms with Crippen molar-refractivity contribution in [3.8, 4) is 22.6 Å². The van der Waals surface area contributed by atoms with Gasteiger partial charge in [0.1, 0.15) is 18.2 Å². The SMILES string of the molecule is CNC(=O)c1ccc(OC[C@H](C)O[C@H]2CCCCO2)c(F)c1-c1c(Cl)c(F)cc2c1C(C)C(CN(C(=O)OC)C(C)(C)C)(c1ccccc1)O2. The summed E-state index contributed by atoms with van der Waals surface area (Å²) >= 11 is 6.76. The average molecular weight is 715 g/mol. The Morgan fingerprint density at radius 2 is 1.84 bits per heavy atom. The second kappa shape index (κ2) is 15.1. The fourth-order valence-corrected chi connectivity index (χ4v) is 6.92. The number of nitrogens with zero attached hydrogens (tertiary/aromatic N) is 1. The Morgan fingerprint density at radius 1 is 1.12 bits per heavy atom. The lowest BCUT2D eigenvalue weighted by Gasteiger charge is -2.43. The van der Waals surface area contributed by atoms with Crippen LogP contribution in [-0.2, 0) is 19.8 Å². The Morgan fingerprint density at radius 3 is 2.46 bits per heavy atom. The van der Waals surface area contributed by atoms with E-state index in [1.165, 1.54) is 31.2 Å². The van der Waals surface area contributed by atoms with Crippen molar-refractivity contribution >= 4 is 23.6 Å². The van der Waals surface area contributed by atoms with Gasteiger partial charge in [0.2, 0.25) is 0 Å². The number of halogens is 3. The van der Waals surface area contributed by atoms with Crippen LogP contribution in [0.3, 0.4) is 0 Å². The van der Waals surface area contributed by atoms with Crippen LogP contribution in [0.2, 0.25) is 5.02 Å². The molecule has 1 N–H and O–H groups in total. The van der Waals surface area contributed by atoms with Crippen molar-refractivity contribution in [3.63, 3.8) is 0 Å². The smallest absolute Gasteiger partial charge is 0.410 e. The van der Waals surface area contributed by atoms with E-state index >= 15 is 8.78 Å². The molecule has 2 aliphatic heterocycles. The number of carbonyl (C=O) groups excluding carboxylic acids is 2. The van der Waals surface area contributed by atoms with E-state index in [9.17, 15) is 9.59 Å². The molecule has 3 aromatic rings. The molecule has 5 rings (SSSR count). The van der Waals surface area contributed by atoms with Gasteiger partial charge >= 0.3 is 6.09 Å². The Hall–Kier alpha value is -3.93. The van der Waals surface area contributed by atoms with Crippen molar-refractivity contribution in [2.45, 2.75) is 83.3 Å². The third kappa shape index (κ3) is 7.27. The molecule has 12 heteroatoms. The predicted molar refractivity (Wildman–Crippen MR) is 186 cm³/mol. The highest BCUT2D eigenvalue weighted by atomic mass is 35.5. The number of hydrogen-bond donors (Lipinski definition) is 1. The van der Waals surface area contributed by atoms with E-state index in [1.807, 2.05) is 58.0 Å². The molecule has 270 valence electrons. The zero-order valence-corrected chi connectivity index (χ0v) is 30.3. The number of fused-ring (bicyclic) bond motifs is 1. The van der Waals surface area contributed by atoms with Crippen molar-refractivity contribution in [2.24, 2.45) is 0 Å². The molecule has 0 saturated carbocycles. The lowest BCUT2D eigenvalue weighted by atomic mass is 9.76. The maximum atomic E-state index is 16.9. The van der Waals surface area contributed by atoms with Gasteiger partial charge in [-0.3, -0.25) is 9.69 Å². The summed E-state index contributed by atoms with van der Waals surface area (Å²) in [6.07, 6.45) is 1.31. The summed E-state index contributed by atoms with van der Waals surface area (Å²) < 4.78 is 62.2. The normalized spacial score (nSPS) is 20.8. The molecule has 4 atom stereocenters. The van der Waals surface area contributed by atoms with E-state index in [4.69, 9.17) is 35.3 Å². The Bertz CT molecular complexity index is 1710. The van der Waals surface area contributed by atoms with Crippen molar-refractivity contribution < 1.29 is 42.1 Å². The van der Waals surface area contributed by atoms with Crippen LogP contribution in [0.5, 0.6) is 11.5 Å². The van der Waals surface area contributed by atoms with Gasteiger partial charge in [-0.1, -0.05) is 48.9 Å². The first-order valence-corrected chi connectivity index (χ1v) is 17.2. The van der Waals surface area contributed by atoms with Crippen LogP contribution in [0.25, 0.3) is 11.1 Å². The number of ether oxygens (including phenoxy) is 5. The molecular weight excluding hydrogens is 670 g/mol. The molecule has 3 aromatic carbocycles. The Kier molecular flexibility index (Phi) is 11.3. The van der Waals surface area contributed by atoms with Crippen LogP contribution < -0.4 is 14.8 Å². The number of hydrogen-bond acceptors (Lipinski definition) is 7. The van der Waals surface area contributed by atoms with Crippen LogP contribution in [0.1, 0.15) is 81.3 Å². The molecule has 2 unspecified atom stereocenters. The summed E-state index contributed by atoms with van der Waals surface area (Å²) in [5.74, 6) is -3.13. The van der Waals surface area contributed by atoms with Crippen LogP contribution in [0.15, 0.2) is 48.5 Å². The first-order valence-electron chi connectivity index (χ1n) is 16.8. The first kappa shape index (κ1) is 37.3. The lowest BCUT2D eigenvalue weighted by molar-refractivity contribution is -0.189. The van der Waals surface area contributed by atoms with Gasteiger partial charge in [-0.05, 0) is 64.7 Å². The highest BCUT2D eigenvalue weighted by molar-refractivity contribution is 6.34. The molecule has 50 heavy (non-hydrogen) atoms. The molecule has 0 spiro atoms. The van der Waals surface area contributed by atoms with Crippen LogP contribution in [0.4, 0.5) is 13.6 Å². The quantitative estimate of drug-likeness (QED) is 0.226. The highest BCUT2D eigenvalue weighted by Crippen LogP contribution is 2.57. The maximum Gasteiger partial charge on any atom is 0.410 e. The van der Waals surface area contributed by atoms with E-state index in [0.717, 1.165) is 25.3 Å². The van der Waals surface area contributed by atoms with Gasteiger partial charge in [0.05, 0.1) is 30.3 Å². The molecule has 0 aromatic heterocycles. The Labute approximate surface area is 297 Å². The summed E-state index contributed by atoms with van der Waals surface area (Å²) in [5.41, 5.74) is -1.34. The van der Waals surface area contributed by atoms with E-state index < -0.39 is 51.8 Å². The van der Waals surface area contributed by atoms with E-state index in [-0.39, 0.29) is 47.6 Å². The van der Waals surface area contributed by atoms with Gasteiger partial charge in [-0.2, -0.15) is 0 Å². The third-order valence-corrected chi connectivity index (χ3v) is 9.70. The fraction of sp³-hybridized carbons (Fsp3) is 0.474. The first-order chi connectivity index (χ1) is 23.7. The topological polar surface area (TPSA) is 95.6 Å². The number of rotatable bonds is 10. The van der Waals surface area contributed by atoms with Crippen LogP contribution >= 0.6 is 11.6 Å². The molecule has 0 bridgehead atoms. The molecule has 1 saturated heterocycles. The van der Waals surface area contributed by atoms with Crippen molar-refractivity contribution in [1.29, 1.82) is 0 Å². The summed E-state index contributed by atoms with van der Waals surface area (Å²) in [6.45, 7) is 9.81. The molecule has 2 aliphatic rings. The van der Waals surface area contributed by atoms with E-state index in [0.29, 0.717) is 17.7 Å². The minimum atomic E-state index is -1.30. The molecule has 1 fully saturated rings. The van der Waals surface area contributed by atoms with Crippen molar-refractivity contribution in [3.05, 3.63) is 81.9 Å². The second-order valence-corrected chi connectivity index (χ2v) is 14.1. The number of amides is 2. The van der Waals surface area contributed by atoms with E-state index in [2.05, 4.69) is 5.32 Å². The van der Waals surface area contributed by atoms with Crippen LogP contribution in [-0.4, -0.2) is 68.7 Å². The molecule has 9 nitrogen and oxygen atoms in total. The van der Waals surface area contributed by atoms with E-state index in [1.54, 1.807) is 6.92 Å². The average Bonchev–Trinajstić information content (AvgIpc) is 3.38. The van der Waals surface area contributed by atoms with Crippen molar-refractivity contribution in [1.82, 2.24) is 10.2 Å². The van der Waals surface area contributed by atoms with Gasteiger partial charge in [0.25, 0.3) is 5.91 Å². The number of methoxy groups -OCH3 is 1. The fourth-order valence-electron chi connectivity index (χ4n) is 6.66. The van der Waals surface area contributed by atoms with Gasteiger partial charge in [0.15, 0.2) is 23.5 Å². The van der Waals surface area contributed by atoms with Gasteiger partial charge in [-0.25, -0.2) is 13.6 Å². The predicted octanol–water partition coefficient (Wildman–Crippen LogP) is 8.21. The number of benzene rings is 3. The van der Waals surface area contributed by atoms with Gasteiger partial charge in [-0.15, -0.1) is 0 Å². The third-order valence-electron chi connectivity index (χ3n) is 9.33. The molecule has 2 amide bonds. The minimum absolute atomic E-state index is 0.0156. The molecular formula is C38H45ClF2N2O7.